The highest BCUT2D eigenvalue weighted by molar-refractivity contribution is 6.99. The quantitative estimate of drug-likeness (QED) is 0.261. The predicted molar refractivity (Wildman–Crippen MR) is 135 cm³/mol. The van der Waals surface area contributed by atoms with Gasteiger partial charge in [-0.05, 0) is 32.1 Å². The van der Waals surface area contributed by atoms with Gasteiger partial charge in [0.2, 0.25) is 6.73 Å². The van der Waals surface area contributed by atoms with Gasteiger partial charge in [-0.2, -0.15) is 4.37 Å². The molecular weight excluding hydrogens is 438 g/mol. The minimum absolute atomic E-state index is 0.0760. The maximum Gasteiger partial charge on any atom is 0.315 e. The lowest BCUT2D eigenvalue weighted by Crippen LogP contribution is -2.50. The van der Waals surface area contributed by atoms with E-state index in [0.717, 1.165) is 50.7 Å². The molecular formula is C25H46N3O4S+. The molecule has 190 valence electrons. The molecule has 2 heterocycles. The van der Waals surface area contributed by atoms with Crippen LogP contribution in [-0.4, -0.2) is 64.9 Å². The number of aliphatic hydroxyl groups is 1. The van der Waals surface area contributed by atoms with Crippen molar-refractivity contribution in [1.82, 2.24) is 8.75 Å². The highest BCUT2D eigenvalue weighted by atomic mass is 32.1. The number of aliphatic hydroxyl groups excluding tert-OH is 1. The monoisotopic (exact) mass is 484 g/mol. The number of nitrogens with zero attached hydrogens (tertiary/aromatic N) is 3. The van der Waals surface area contributed by atoms with E-state index in [-0.39, 0.29) is 11.4 Å². The van der Waals surface area contributed by atoms with Crippen LogP contribution < -0.4 is 4.74 Å². The van der Waals surface area contributed by atoms with Crippen LogP contribution in [0, 0.1) is 10.8 Å². The number of likely N-dealkylation sites (N-methyl/N-ethyl adjacent to an activating group) is 1. The molecule has 7 nitrogen and oxygen atoms in total. The Morgan fingerprint density at radius 3 is 2.48 bits per heavy atom. The zero-order valence-electron chi connectivity index (χ0n) is 22.1. The van der Waals surface area contributed by atoms with Gasteiger partial charge < -0.3 is 14.6 Å². The molecule has 2 rings (SSSR count). The molecule has 0 bridgehead atoms. The lowest BCUT2D eigenvalue weighted by Gasteiger charge is -2.38. The fourth-order valence-corrected chi connectivity index (χ4v) is 4.90. The van der Waals surface area contributed by atoms with Crippen LogP contribution in [0.3, 0.4) is 0 Å². The van der Waals surface area contributed by atoms with Crippen molar-refractivity contribution in [3.05, 3.63) is 11.8 Å². The molecule has 33 heavy (non-hydrogen) atoms. The summed E-state index contributed by atoms with van der Waals surface area (Å²) in [6.07, 6.45) is 8.60. The van der Waals surface area contributed by atoms with E-state index in [1.807, 2.05) is 13.8 Å². The maximum absolute atomic E-state index is 12.8. The summed E-state index contributed by atoms with van der Waals surface area (Å²) in [7, 11) is 3.14. The Balaban J connectivity index is 0.00000265. The van der Waals surface area contributed by atoms with Crippen molar-refractivity contribution in [3.63, 3.8) is 0 Å². The first-order chi connectivity index (χ1) is 15.5. The number of rotatable bonds is 11. The molecule has 0 amide bonds. The zero-order chi connectivity index (χ0) is 25.1. The molecule has 1 aromatic heterocycles. The summed E-state index contributed by atoms with van der Waals surface area (Å²) in [6, 6.07) is 0. The SMILES string of the molecule is CCCCCCOc1nsnc1C1=CCC[N+](C)(COC(=O)C(C)(C)CC(C)(C)C)C1.CO. The topological polar surface area (TPSA) is 81.5 Å². The van der Waals surface area contributed by atoms with E-state index in [1.54, 1.807) is 0 Å². The van der Waals surface area contributed by atoms with Crippen molar-refractivity contribution in [2.45, 2.75) is 80.1 Å². The summed E-state index contributed by atoms with van der Waals surface area (Å²) < 4.78 is 21.3. The van der Waals surface area contributed by atoms with Crippen LogP contribution in [-0.2, 0) is 9.53 Å². The lowest BCUT2D eigenvalue weighted by atomic mass is 9.76. The average Bonchev–Trinajstić information content (AvgIpc) is 3.20. The highest BCUT2D eigenvalue weighted by Gasteiger charge is 2.37. The second kappa shape index (κ2) is 13.4. The summed E-state index contributed by atoms with van der Waals surface area (Å²) in [5, 5.41) is 7.00. The number of esters is 1. The Bertz CT molecular complexity index is 755. The van der Waals surface area contributed by atoms with Crippen LogP contribution in [0.1, 0.15) is 85.8 Å². The number of quaternary nitrogens is 1. The lowest BCUT2D eigenvalue weighted by molar-refractivity contribution is -0.919. The van der Waals surface area contributed by atoms with Gasteiger partial charge in [0.15, 0.2) is 0 Å². The largest absolute Gasteiger partial charge is 0.475 e. The molecule has 0 fully saturated rings. The van der Waals surface area contributed by atoms with Crippen LogP contribution in [0.5, 0.6) is 5.88 Å². The predicted octanol–water partition coefficient (Wildman–Crippen LogP) is 5.30. The van der Waals surface area contributed by atoms with E-state index < -0.39 is 5.41 Å². The van der Waals surface area contributed by atoms with Gasteiger partial charge in [-0.3, -0.25) is 9.28 Å². The Kier molecular flexibility index (Phi) is 12.0. The molecule has 0 saturated heterocycles. The van der Waals surface area contributed by atoms with Crippen molar-refractivity contribution in [2.24, 2.45) is 10.8 Å². The third kappa shape index (κ3) is 10.1. The Morgan fingerprint density at radius 1 is 1.15 bits per heavy atom. The molecule has 0 aromatic carbocycles. The summed E-state index contributed by atoms with van der Waals surface area (Å²) in [4.78, 5) is 12.8. The molecule has 0 spiro atoms. The standard InChI is InChI=1S/C24H42N3O3S.CH4O/c1-8-9-10-11-15-29-21-20(25-31-26-21)19-13-12-14-27(7,16-19)18-30-22(28)24(5,6)17-23(2,3)4;1-2/h13H,8-12,14-18H2,1-7H3;2H,1H3/q+1;. The first-order valence-electron chi connectivity index (χ1n) is 12.1. The van der Waals surface area contributed by atoms with E-state index in [0.29, 0.717) is 23.7 Å². The smallest absolute Gasteiger partial charge is 0.315 e. The third-order valence-corrected chi connectivity index (χ3v) is 6.15. The molecule has 8 heteroatoms. The molecule has 0 saturated carbocycles. The van der Waals surface area contributed by atoms with Gasteiger partial charge in [-0.1, -0.05) is 53.0 Å². The number of carbonyl (C=O) groups excluding carboxylic acids is 1. The van der Waals surface area contributed by atoms with E-state index in [9.17, 15) is 4.79 Å². The first-order valence-corrected chi connectivity index (χ1v) is 12.8. The molecule has 1 atom stereocenters. The van der Waals surface area contributed by atoms with Crippen LogP contribution in [0.15, 0.2) is 6.08 Å². The number of aromatic nitrogens is 2. The van der Waals surface area contributed by atoms with E-state index in [2.05, 4.69) is 49.6 Å². The van der Waals surface area contributed by atoms with Gasteiger partial charge in [0.1, 0.15) is 12.2 Å². The summed E-state index contributed by atoms with van der Waals surface area (Å²) in [6.45, 7) is 15.4. The van der Waals surface area contributed by atoms with E-state index in [1.165, 1.54) is 31.0 Å². The van der Waals surface area contributed by atoms with Crippen molar-refractivity contribution in [1.29, 1.82) is 0 Å². The van der Waals surface area contributed by atoms with Crippen LogP contribution in [0.2, 0.25) is 0 Å². The van der Waals surface area contributed by atoms with Gasteiger partial charge in [0.25, 0.3) is 5.88 Å². The second-order valence-electron chi connectivity index (χ2n) is 11.0. The Hall–Kier alpha value is -1.51. The average molecular weight is 485 g/mol. The maximum atomic E-state index is 12.8. The van der Waals surface area contributed by atoms with Crippen molar-refractivity contribution < 1.29 is 23.9 Å². The molecule has 1 N–H and O–H groups in total. The summed E-state index contributed by atoms with van der Waals surface area (Å²) in [5.74, 6) is 0.522. The molecule has 1 aliphatic heterocycles. The van der Waals surface area contributed by atoms with Crippen LogP contribution in [0.25, 0.3) is 5.57 Å². The normalized spacial score (nSPS) is 18.8. The number of hydrogen-bond acceptors (Lipinski definition) is 7. The summed E-state index contributed by atoms with van der Waals surface area (Å²) >= 11 is 1.20. The van der Waals surface area contributed by atoms with Gasteiger partial charge in [0, 0.05) is 19.1 Å². The number of hydrogen-bond donors (Lipinski definition) is 1. The van der Waals surface area contributed by atoms with Crippen molar-refractivity contribution in [3.8, 4) is 5.88 Å². The number of carbonyl (C=O) groups is 1. The van der Waals surface area contributed by atoms with Crippen LogP contribution in [0.4, 0.5) is 0 Å². The fraction of sp³-hybridized carbons (Fsp3) is 0.800. The molecule has 1 aromatic rings. The minimum Gasteiger partial charge on any atom is -0.475 e. The minimum atomic E-state index is -0.497. The Morgan fingerprint density at radius 2 is 1.85 bits per heavy atom. The third-order valence-electron chi connectivity index (χ3n) is 5.64. The fourth-order valence-electron chi connectivity index (χ4n) is 4.36. The zero-order valence-corrected chi connectivity index (χ0v) is 22.9. The second-order valence-corrected chi connectivity index (χ2v) is 11.6. The van der Waals surface area contributed by atoms with Crippen molar-refractivity contribution >= 4 is 23.3 Å². The van der Waals surface area contributed by atoms with Gasteiger partial charge in [-0.25, -0.2) is 0 Å². The van der Waals surface area contributed by atoms with Crippen molar-refractivity contribution in [2.75, 3.05) is 40.6 Å². The molecule has 0 aliphatic carbocycles. The summed E-state index contributed by atoms with van der Waals surface area (Å²) in [5.41, 5.74) is 1.57. The molecule has 1 unspecified atom stereocenters. The molecule has 0 radical (unpaired) electrons. The molecule has 1 aliphatic rings. The first kappa shape index (κ1) is 29.5. The van der Waals surface area contributed by atoms with Crippen LogP contribution >= 0.6 is 11.7 Å². The number of unbranched alkanes of at least 4 members (excludes halogenated alkanes) is 3. The number of ether oxygens (including phenoxy) is 2. The van der Waals surface area contributed by atoms with Gasteiger partial charge >= 0.3 is 5.97 Å². The highest BCUT2D eigenvalue weighted by Crippen LogP contribution is 2.35. The van der Waals surface area contributed by atoms with E-state index >= 15 is 0 Å². The van der Waals surface area contributed by atoms with E-state index in [4.69, 9.17) is 14.6 Å². The van der Waals surface area contributed by atoms with Gasteiger partial charge in [-0.15, -0.1) is 4.37 Å². The Labute approximate surface area is 205 Å². The van der Waals surface area contributed by atoms with Gasteiger partial charge in [0.05, 0.1) is 37.3 Å².